The maximum atomic E-state index is 13.0. The van der Waals surface area contributed by atoms with Gasteiger partial charge in [-0.2, -0.15) is 4.72 Å². The van der Waals surface area contributed by atoms with Gasteiger partial charge in [-0.05, 0) is 59.5 Å². The van der Waals surface area contributed by atoms with Gasteiger partial charge < -0.3 is 9.84 Å². The van der Waals surface area contributed by atoms with Gasteiger partial charge in [0.15, 0.2) is 0 Å². The summed E-state index contributed by atoms with van der Waals surface area (Å²) in [4.78, 5) is 12.0. The Morgan fingerprint density at radius 3 is 2.26 bits per heavy atom. The molecule has 0 amide bonds. The number of sulfonamides is 1. The normalized spacial score (nSPS) is 20.3. The number of rotatable bonds is 7. The van der Waals surface area contributed by atoms with Gasteiger partial charge in [0.25, 0.3) is 0 Å². The number of ether oxygens (including phenoxy) is 1. The minimum atomic E-state index is -4.05. The van der Waals surface area contributed by atoms with Crippen molar-refractivity contribution >= 4 is 27.6 Å². The van der Waals surface area contributed by atoms with Gasteiger partial charge in [-0.25, -0.2) is 8.42 Å². The lowest BCUT2D eigenvalue weighted by Crippen LogP contribution is -2.44. The molecule has 2 N–H and O–H groups in total. The second kappa shape index (κ2) is 8.00. The first-order valence-electron chi connectivity index (χ1n) is 9.52. The fourth-order valence-electron chi connectivity index (χ4n) is 3.68. The van der Waals surface area contributed by atoms with Crippen molar-refractivity contribution in [2.45, 2.75) is 22.8 Å². The summed E-state index contributed by atoms with van der Waals surface area (Å²) >= 11 is 5.91. The molecule has 8 heteroatoms. The fraction of sp³-hybridized carbons (Fsp3) is 0.174. The lowest BCUT2D eigenvalue weighted by molar-refractivity contribution is -0.140. The molecule has 1 fully saturated rings. The summed E-state index contributed by atoms with van der Waals surface area (Å²) in [6.07, 6.45) is 0.164. The summed E-state index contributed by atoms with van der Waals surface area (Å²) < 4.78 is 33.6. The average Bonchev–Trinajstić information content (AvgIpc) is 3.49. The molecule has 1 aliphatic carbocycles. The first-order valence-corrected chi connectivity index (χ1v) is 11.4. The van der Waals surface area contributed by atoms with Crippen LogP contribution in [0.2, 0.25) is 5.02 Å². The number of carbonyl (C=O) groups is 1. The molecule has 3 aromatic carbocycles. The quantitative estimate of drug-likeness (QED) is 0.551. The molecular formula is C23H20ClNO5S. The minimum Gasteiger partial charge on any atom is -0.497 e. The van der Waals surface area contributed by atoms with Gasteiger partial charge in [0.1, 0.15) is 11.3 Å². The largest absolute Gasteiger partial charge is 0.497 e. The number of hydrogen-bond donors (Lipinski definition) is 2. The van der Waals surface area contributed by atoms with Crippen molar-refractivity contribution in [3.05, 3.63) is 83.4 Å². The van der Waals surface area contributed by atoms with E-state index in [1.54, 1.807) is 48.5 Å². The zero-order chi connectivity index (χ0) is 22.2. The van der Waals surface area contributed by atoms with Crippen LogP contribution in [-0.2, 0) is 14.8 Å². The lowest BCUT2D eigenvalue weighted by Gasteiger charge is -2.16. The summed E-state index contributed by atoms with van der Waals surface area (Å²) in [5.41, 5.74) is 0.843. The van der Waals surface area contributed by atoms with Crippen molar-refractivity contribution < 1.29 is 23.1 Å². The van der Waals surface area contributed by atoms with Crippen molar-refractivity contribution in [2.75, 3.05) is 7.11 Å². The van der Waals surface area contributed by atoms with E-state index < -0.39 is 27.4 Å². The highest BCUT2D eigenvalue weighted by atomic mass is 35.5. The Morgan fingerprint density at radius 2 is 1.68 bits per heavy atom. The van der Waals surface area contributed by atoms with E-state index in [1.165, 1.54) is 19.2 Å². The maximum absolute atomic E-state index is 13.0. The number of aliphatic carboxylic acids is 1. The number of carboxylic acid groups (broad SMARTS) is 1. The van der Waals surface area contributed by atoms with Gasteiger partial charge in [-0.1, -0.05) is 48.0 Å². The van der Waals surface area contributed by atoms with Crippen molar-refractivity contribution in [3.63, 3.8) is 0 Å². The molecule has 1 saturated carbocycles. The first kappa shape index (κ1) is 21.4. The number of hydrogen-bond acceptors (Lipinski definition) is 4. The molecule has 160 valence electrons. The van der Waals surface area contributed by atoms with Gasteiger partial charge in [-0.3, -0.25) is 4.79 Å². The number of carboxylic acids is 1. The van der Waals surface area contributed by atoms with E-state index in [2.05, 4.69) is 4.72 Å². The summed E-state index contributed by atoms with van der Waals surface area (Å²) in [6, 6.07) is 20.5. The Hall–Kier alpha value is -2.87. The monoisotopic (exact) mass is 457 g/mol. The van der Waals surface area contributed by atoms with E-state index in [-0.39, 0.29) is 11.3 Å². The smallest absolute Gasteiger partial charge is 0.325 e. The topological polar surface area (TPSA) is 92.7 Å². The summed E-state index contributed by atoms with van der Waals surface area (Å²) in [7, 11) is -2.53. The van der Waals surface area contributed by atoms with Gasteiger partial charge in [-0.15, -0.1) is 0 Å². The van der Waals surface area contributed by atoms with Crippen LogP contribution in [0.1, 0.15) is 17.9 Å². The molecule has 0 saturated heterocycles. The molecular weight excluding hydrogens is 438 g/mol. The molecule has 6 nitrogen and oxygen atoms in total. The van der Waals surface area contributed by atoms with Gasteiger partial charge in [0, 0.05) is 10.9 Å². The molecule has 0 aliphatic heterocycles. The molecule has 0 aromatic heterocycles. The van der Waals surface area contributed by atoms with Crippen molar-refractivity contribution in [3.8, 4) is 16.9 Å². The predicted octanol–water partition coefficient (Wildman–Crippen LogP) is 4.30. The molecule has 31 heavy (non-hydrogen) atoms. The van der Waals surface area contributed by atoms with E-state index in [9.17, 15) is 18.3 Å². The lowest BCUT2D eigenvalue weighted by atomic mass is 10.1. The van der Waals surface area contributed by atoms with Crippen molar-refractivity contribution in [1.29, 1.82) is 0 Å². The molecule has 0 unspecified atom stereocenters. The van der Waals surface area contributed by atoms with Gasteiger partial charge in [0.05, 0.1) is 12.0 Å². The fourth-order valence-corrected chi connectivity index (χ4v) is 5.21. The molecule has 3 aromatic rings. The van der Waals surface area contributed by atoms with Crippen LogP contribution in [-0.4, -0.2) is 32.1 Å². The van der Waals surface area contributed by atoms with Crippen LogP contribution in [0.3, 0.4) is 0 Å². The highest BCUT2D eigenvalue weighted by Crippen LogP contribution is 2.53. The van der Waals surface area contributed by atoms with E-state index in [0.29, 0.717) is 16.3 Å². The molecule has 0 radical (unpaired) electrons. The highest BCUT2D eigenvalue weighted by Gasteiger charge is 2.63. The summed E-state index contributed by atoms with van der Waals surface area (Å²) in [5.74, 6) is -1.10. The average molecular weight is 458 g/mol. The van der Waals surface area contributed by atoms with Crippen LogP contribution in [0, 0.1) is 0 Å². The number of benzene rings is 3. The van der Waals surface area contributed by atoms with Crippen LogP contribution >= 0.6 is 11.6 Å². The Kier molecular flexibility index (Phi) is 5.51. The van der Waals surface area contributed by atoms with E-state index in [1.807, 2.05) is 12.1 Å². The molecule has 0 bridgehead atoms. The third-order valence-corrected chi connectivity index (χ3v) is 7.28. The predicted molar refractivity (Wildman–Crippen MR) is 118 cm³/mol. The maximum Gasteiger partial charge on any atom is 0.325 e. The van der Waals surface area contributed by atoms with Crippen LogP contribution in [0.4, 0.5) is 0 Å². The summed E-state index contributed by atoms with van der Waals surface area (Å²) in [6.45, 7) is 0. The second-order valence-electron chi connectivity index (χ2n) is 7.45. The Morgan fingerprint density at radius 1 is 1.06 bits per heavy atom. The summed E-state index contributed by atoms with van der Waals surface area (Å²) in [5, 5.41) is 10.4. The molecule has 0 spiro atoms. The van der Waals surface area contributed by atoms with E-state index in [0.717, 1.165) is 11.1 Å². The van der Waals surface area contributed by atoms with Crippen LogP contribution in [0.5, 0.6) is 5.75 Å². The second-order valence-corrected chi connectivity index (χ2v) is 9.57. The molecule has 1 aliphatic rings. The van der Waals surface area contributed by atoms with Crippen LogP contribution in [0.15, 0.2) is 77.7 Å². The van der Waals surface area contributed by atoms with Crippen LogP contribution in [0.25, 0.3) is 11.1 Å². The third kappa shape index (κ3) is 4.17. The Bertz CT molecular complexity index is 1230. The van der Waals surface area contributed by atoms with Gasteiger partial charge in [0.2, 0.25) is 10.0 Å². The third-order valence-electron chi connectivity index (χ3n) is 5.50. The SMILES string of the molecule is COc1cccc([C@@H]2C[C@]2(NS(=O)(=O)c2ccc(-c3ccc(Cl)cc3)cc2)C(=O)O)c1. The Balaban J connectivity index is 1.58. The molecule has 4 rings (SSSR count). The Labute approximate surface area is 185 Å². The number of methoxy groups -OCH3 is 1. The van der Waals surface area contributed by atoms with Crippen LogP contribution < -0.4 is 9.46 Å². The number of nitrogens with one attached hydrogen (secondary N) is 1. The molecule has 2 atom stereocenters. The van der Waals surface area contributed by atoms with E-state index >= 15 is 0 Å². The molecule has 0 heterocycles. The highest BCUT2D eigenvalue weighted by molar-refractivity contribution is 7.89. The van der Waals surface area contributed by atoms with Gasteiger partial charge >= 0.3 is 5.97 Å². The van der Waals surface area contributed by atoms with Crippen molar-refractivity contribution in [1.82, 2.24) is 4.72 Å². The van der Waals surface area contributed by atoms with Crippen molar-refractivity contribution in [2.24, 2.45) is 0 Å². The standard InChI is InChI=1S/C23H20ClNO5S/c1-30-19-4-2-3-17(13-19)21-14-23(21,22(26)27)25-31(28,29)20-11-7-16(8-12-20)15-5-9-18(24)10-6-15/h2-13,21,25H,14H2,1H3,(H,26,27)/t21-,23+/m0/s1. The zero-order valence-corrected chi connectivity index (χ0v) is 18.2. The number of halogens is 1. The van der Waals surface area contributed by atoms with E-state index in [4.69, 9.17) is 16.3 Å². The first-order chi connectivity index (χ1) is 14.7. The zero-order valence-electron chi connectivity index (χ0n) is 16.6. The minimum absolute atomic E-state index is 0.00197.